The van der Waals surface area contributed by atoms with E-state index in [9.17, 15) is 9.59 Å². The second-order valence-corrected chi connectivity index (χ2v) is 7.47. The molecule has 6 nitrogen and oxygen atoms in total. The quantitative estimate of drug-likeness (QED) is 0.769. The zero-order valence-corrected chi connectivity index (χ0v) is 15.4. The zero-order chi connectivity index (χ0) is 18.1. The number of rotatable bonds is 4. The molecule has 3 heterocycles. The molecule has 2 aromatic heterocycles. The third-order valence-corrected chi connectivity index (χ3v) is 5.57. The lowest BCUT2D eigenvalue weighted by Crippen LogP contribution is -2.27. The number of fused-ring (bicyclic) bond motifs is 1. The van der Waals surface area contributed by atoms with E-state index >= 15 is 0 Å². The third-order valence-electron chi connectivity index (χ3n) is 4.68. The first kappa shape index (κ1) is 16.8. The molecule has 1 aromatic carbocycles. The highest BCUT2D eigenvalue weighted by atomic mass is 32.1. The van der Waals surface area contributed by atoms with Crippen LogP contribution >= 0.6 is 11.3 Å². The number of benzene rings is 1. The number of carbonyl (C=O) groups is 1. The smallest absolute Gasteiger partial charge is 0.271 e. The number of thiophene rings is 1. The van der Waals surface area contributed by atoms with Gasteiger partial charge in [0.15, 0.2) is 0 Å². The van der Waals surface area contributed by atoms with Crippen LogP contribution in [-0.4, -0.2) is 28.5 Å². The van der Waals surface area contributed by atoms with E-state index in [4.69, 9.17) is 0 Å². The van der Waals surface area contributed by atoms with Crippen LogP contribution in [0.5, 0.6) is 0 Å². The Balaban J connectivity index is 1.48. The van der Waals surface area contributed by atoms with Crippen molar-refractivity contribution in [2.24, 2.45) is 0 Å². The van der Waals surface area contributed by atoms with E-state index < -0.39 is 0 Å². The number of aryl methyl sites for hydroxylation is 1. The van der Waals surface area contributed by atoms with Crippen molar-refractivity contribution in [2.75, 3.05) is 23.3 Å². The second-order valence-electron chi connectivity index (χ2n) is 6.56. The summed E-state index contributed by atoms with van der Waals surface area (Å²) in [5, 5.41) is 4.70. The minimum atomic E-state index is -0.238. The molecular weight excluding hydrogens is 348 g/mol. The lowest BCUT2D eigenvalue weighted by atomic mass is 10.1. The number of carbonyl (C=O) groups excluding carboxylic acids is 1. The molecule has 1 amide bonds. The highest BCUT2D eigenvalue weighted by Gasteiger charge is 2.15. The van der Waals surface area contributed by atoms with Crippen molar-refractivity contribution in [2.45, 2.75) is 26.3 Å². The molecule has 1 saturated heterocycles. The van der Waals surface area contributed by atoms with Crippen LogP contribution in [0.3, 0.4) is 0 Å². The molecule has 1 fully saturated rings. The fraction of sp³-hybridized carbons (Fsp3) is 0.316. The van der Waals surface area contributed by atoms with Gasteiger partial charge in [-0.15, -0.1) is 11.3 Å². The summed E-state index contributed by atoms with van der Waals surface area (Å²) in [6, 6.07) is 7.76. The molecule has 134 valence electrons. The first-order valence-corrected chi connectivity index (χ1v) is 9.58. The maximum absolute atomic E-state index is 12.4. The molecule has 4 rings (SSSR count). The van der Waals surface area contributed by atoms with Crippen LogP contribution in [0.4, 0.5) is 11.4 Å². The van der Waals surface area contributed by atoms with Crippen molar-refractivity contribution in [1.82, 2.24) is 9.55 Å². The number of hydrogen-bond donors (Lipinski definition) is 1. The molecule has 0 spiro atoms. The largest absolute Gasteiger partial charge is 0.371 e. The van der Waals surface area contributed by atoms with Gasteiger partial charge >= 0.3 is 0 Å². The van der Waals surface area contributed by atoms with Crippen LogP contribution in [0.25, 0.3) is 10.2 Å². The van der Waals surface area contributed by atoms with Crippen LogP contribution in [0, 0.1) is 6.92 Å². The standard InChI is InChI=1S/C19H20N4O2S/c1-13-10-14(4-5-16(13)22-7-2-3-8-22)21-17(24)11-23-12-20-15-6-9-26-18(15)19(23)25/h4-6,9-10,12H,2-3,7-8,11H2,1H3,(H,21,24). The van der Waals surface area contributed by atoms with Crippen molar-refractivity contribution in [3.05, 3.63) is 51.9 Å². The van der Waals surface area contributed by atoms with Crippen molar-refractivity contribution < 1.29 is 4.79 Å². The molecule has 0 saturated carbocycles. The molecule has 7 heteroatoms. The third kappa shape index (κ3) is 3.22. The molecule has 1 N–H and O–H groups in total. The van der Waals surface area contributed by atoms with Crippen molar-refractivity contribution in [3.8, 4) is 0 Å². The molecule has 0 radical (unpaired) electrons. The van der Waals surface area contributed by atoms with E-state index in [0.29, 0.717) is 10.2 Å². The van der Waals surface area contributed by atoms with Gasteiger partial charge in [0.05, 0.1) is 11.8 Å². The van der Waals surface area contributed by atoms with E-state index in [1.54, 1.807) is 6.07 Å². The van der Waals surface area contributed by atoms with Gasteiger partial charge in [-0.1, -0.05) is 0 Å². The lowest BCUT2D eigenvalue weighted by Gasteiger charge is -2.20. The van der Waals surface area contributed by atoms with Gasteiger partial charge in [0.25, 0.3) is 5.56 Å². The molecular formula is C19H20N4O2S. The lowest BCUT2D eigenvalue weighted by molar-refractivity contribution is -0.116. The minimum absolute atomic E-state index is 0.0490. The fourth-order valence-electron chi connectivity index (χ4n) is 3.39. The summed E-state index contributed by atoms with van der Waals surface area (Å²) in [4.78, 5) is 31.3. The van der Waals surface area contributed by atoms with Gasteiger partial charge in [-0.05, 0) is 55.0 Å². The molecule has 0 aliphatic carbocycles. The second kappa shape index (κ2) is 6.92. The number of nitrogens with zero attached hydrogens (tertiary/aromatic N) is 3. The summed E-state index contributed by atoms with van der Waals surface area (Å²) in [5.41, 5.74) is 3.60. The monoisotopic (exact) mass is 368 g/mol. The summed E-state index contributed by atoms with van der Waals surface area (Å²) in [6.07, 6.45) is 3.89. The molecule has 1 aliphatic heterocycles. The van der Waals surface area contributed by atoms with Crippen molar-refractivity contribution in [3.63, 3.8) is 0 Å². The minimum Gasteiger partial charge on any atom is -0.371 e. The number of nitrogens with one attached hydrogen (secondary N) is 1. The number of aromatic nitrogens is 2. The van der Waals surface area contributed by atoms with Crippen molar-refractivity contribution >= 4 is 38.8 Å². The SMILES string of the molecule is Cc1cc(NC(=O)Cn2cnc3ccsc3c2=O)ccc1N1CCCC1. The van der Waals surface area contributed by atoms with E-state index in [-0.39, 0.29) is 18.0 Å². The first-order chi connectivity index (χ1) is 12.6. The van der Waals surface area contributed by atoms with Gasteiger partial charge in [-0.25, -0.2) is 4.98 Å². The molecule has 0 bridgehead atoms. The van der Waals surface area contributed by atoms with Gasteiger partial charge in [-0.3, -0.25) is 14.2 Å². The number of anilines is 2. The van der Waals surface area contributed by atoms with Gasteiger partial charge in [0.2, 0.25) is 5.91 Å². The summed E-state index contributed by atoms with van der Waals surface area (Å²) in [7, 11) is 0. The molecule has 0 unspecified atom stereocenters. The Bertz CT molecular complexity index is 1020. The first-order valence-electron chi connectivity index (χ1n) is 8.70. The van der Waals surface area contributed by atoms with Gasteiger partial charge in [0, 0.05) is 24.5 Å². The predicted molar refractivity (Wildman–Crippen MR) is 105 cm³/mol. The summed E-state index contributed by atoms with van der Waals surface area (Å²) in [5.74, 6) is -0.238. The average Bonchev–Trinajstić information content (AvgIpc) is 3.29. The molecule has 26 heavy (non-hydrogen) atoms. The summed E-state index contributed by atoms with van der Waals surface area (Å²) >= 11 is 1.34. The van der Waals surface area contributed by atoms with Crippen molar-refractivity contribution in [1.29, 1.82) is 0 Å². The fourth-order valence-corrected chi connectivity index (χ4v) is 4.19. The van der Waals surface area contributed by atoms with Gasteiger partial charge in [0.1, 0.15) is 11.2 Å². The Hall–Kier alpha value is -2.67. The Morgan fingerprint density at radius 2 is 2.08 bits per heavy atom. The van der Waals surface area contributed by atoms with Gasteiger partial charge < -0.3 is 10.2 Å². The Morgan fingerprint density at radius 1 is 1.27 bits per heavy atom. The van der Waals surface area contributed by atoms with E-state index in [0.717, 1.165) is 24.3 Å². The Morgan fingerprint density at radius 3 is 2.85 bits per heavy atom. The van der Waals surface area contributed by atoms with Crippen LogP contribution in [0.15, 0.2) is 40.8 Å². The number of hydrogen-bond acceptors (Lipinski definition) is 5. The Kier molecular flexibility index (Phi) is 4.46. The highest BCUT2D eigenvalue weighted by Crippen LogP contribution is 2.26. The normalized spacial score (nSPS) is 14.1. The van der Waals surface area contributed by atoms with E-state index in [1.807, 2.05) is 17.5 Å². The summed E-state index contributed by atoms with van der Waals surface area (Å²) in [6.45, 7) is 4.19. The number of amides is 1. The topological polar surface area (TPSA) is 67.2 Å². The molecule has 3 aromatic rings. The predicted octanol–water partition coefficient (Wildman–Crippen LogP) is 3.01. The van der Waals surface area contributed by atoms with Crippen LogP contribution in [0.1, 0.15) is 18.4 Å². The molecule has 0 atom stereocenters. The highest BCUT2D eigenvalue weighted by molar-refractivity contribution is 7.17. The summed E-state index contributed by atoms with van der Waals surface area (Å²) < 4.78 is 1.92. The average molecular weight is 368 g/mol. The maximum atomic E-state index is 12.4. The van der Waals surface area contributed by atoms with E-state index in [1.165, 1.54) is 40.8 Å². The Labute approximate surface area is 155 Å². The van der Waals surface area contributed by atoms with Crippen LogP contribution in [0.2, 0.25) is 0 Å². The van der Waals surface area contributed by atoms with Crippen LogP contribution in [-0.2, 0) is 11.3 Å². The van der Waals surface area contributed by atoms with E-state index in [2.05, 4.69) is 28.2 Å². The molecule has 1 aliphatic rings. The van der Waals surface area contributed by atoms with Crippen LogP contribution < -0.4 is 15.8 Å². The zero-order valence-electron chi connectivity index (χ0n) is 14.6. The van der Waals surface area contributed by atoms with Gasteiger partial charge in [-0.2, -0.15) is 0 Å². The maximum Gasteiger partial charge on any atom is 0.271 e.